The van der Waals surface area contributed by atoms with Gasteiger partial charge in [0.1, 0.15) is 0 Å². The van der Waals surface area contributed by atoms with Gasteiger partial charge in [0, 0.05) is 36.9 Å². The molecule has 2 heterocycles. The zero-order chi connectivity index (χ0) is 32.3. The first-order chi connectivity index (χ1) is 24.3. The molecule has 49 heavy (non-hydrogen) atoms. The lowest BCUT2D eigenvalue weighted by atomic mass is 9.92. The van der Waals surface area contributed by atoms with Gasteiger partial charge in [-0.15, -0.1) is 11.3 Å². The van der Waals surface area contributed by atoms with E-state index in [0.29, 0.717) is 17.5 Å². The van der Waals surface area contributed by atoms with Crippen LogP contribution in [0.15, 0.2) is 164 Å². The van der Waals surface area contributed by atoms with Gasteiger partial charge >= 0.3 is 0 Å². The number of fused-ring (bicyclic) bond motifs is 7. The van der Waals surface area contributed by atoms with Gasteiger partial charge < -0.3 is 0 Å². The van der Waals surface area contributed by atoms with Gasteiger partial charge in [-0.2, -0.15) is 0 Å². The van der Waals surface area contributed by atoms with E-state index in [4.69, 9.17) is 15.0 Å². The third-order valence-corrected chi connectivity index (χ3v) is 10.6. The largest absolute Gasteiger partial charge is 0.208 e. The molecule has 228 valence electrons. The van der Waals surface area contributed by atoms with Crippen LogP contribution in [0.5, 0.6) is 0 Å². The third-order valence-electron chi connectivity index (χ3n) is 9.49. The van der Waals surface area contributed by atoms with Gasteiger partial charge in [-0.25, -0.2) is 15.0 Å². The highest BCUT2D eigenvalue weighted by Crippen LogP contribution is 2.41. The molecule has 0 saturated carbocycles. The molecule has 0 amide bonds. The molecule has 0 bridgehead atoms. The van der Waals surface area contributed by atoms with Crippen LogP contribution in [0.1, 0.15) is 0 Å². The van der Waals surface area contributed by atoms with E-state index in [1.165, 1.54) is 58.2 Å². The highest BCUT2D eigenvalue weighted by atomic mass is 32.1. The summed E-state index contributed by atoms with van der Waals surface area (Å²) in [5, 5.41) is 9.57. The maximum Gasteiger partial charge on any atom is 0.164 e. The number of hydrogen-bond acceptors (Lipinski definition) is 4. The first-order valence-corrected chi connectivity index (χ1v) is 17.3. The summed E-state index contributed by atoms with van der Waals surface area (Å²) >= 11 is 1.80. The highest BCUT2D eigenvalue weighted by molar-refractivity contribution is 7.25. The van der Waals surface area contributed by atoms with Crippen molar-refractivity contribution in [3.63, 3.8) is 0 Å². The number of benzene rings is 8. The van der Waals surface area contributed by atoms with Gasteiger partial charge in [-0.05, 0) is 73.8 Å². The molecule has 10 aromatic rings. The molecule has 0 aliphatic heterocycles. The number of hydrogen-bond donors (Lipinski definition) is 0. The Hall–Kier alpha value is -6.23. The van der Waals surface area contributed by atoms with Crippen molar-refractivity contribution in [2.24, 2.45) is 0 Å². The van der Waals surface area contributed by atoms with Crippen LogP contribution < -0.4 is 0 Å². The Balaban J connectivity index is 1.25. The van der Waals surface area contributed by atoms with Gasteiger partial charge in [-0.1, -0.05) is 133 Å². The topological polar surface area (TPSA) is 38.7 Å². The number of thiophene rings is 1. The molecule has 0 radical (unpaired) electrons. The normalized spacial score (nSPS) is 11.7. The molecule has 0 N–H and O–H groups in total. The molecule has 3 nitrogen and oxygen atoms in total. The summed E-state index contributed by atoms with van der Waals surface area (Å²) in [6.07, 6.45) is 0. The Kier molecular flexibility index (Phi) is 6.36. The monoisotopic (exact) mass is 641 g/mol. The fourth-order valence-corrected chi connectivity index (χ4v) is 8.28. The molecular formula is C45H27N3S. The van der Waals surface area contributed by atoms with E-state index in [-0.39, 0.29) is 0 Å². The van der Waals surface area contributed by atoms with E-state index in [1.54, 1.807) is 11.3 Å². The van der Waals surface area contributed by atoms with Gasteiger partial charge in [-0.3, -0.25) is 0 Å². The summed E-state index contributed by atoms with van der Waals surface area (Å²) < 4.78 is 2.47. The SMILES string of the molecule is c1ccc(-c2cc3ccccc3c3ccc(-c4nc(-c5ccc6ccccc6c5)nc(-c5cccc6sc7ccccc7c56)n4)cc23)cc1. The number of aromatic nitrogens is 3. The van der Waals surface area contributed by atoms with E-state index < -0.39 is 0 Å². The van der Waals surface area contributed by atoms with Gasteiger partial charge in [0.2, 0.25) is 0 Å². The summed E-state index contributed by atoms with van der Waals surface area (Å²) in [4.78, 5) is 15.6. The molecule has 0 unspecified atom stereocenters. The average molecular weight is 642 g/mol. The van der Waals surface area contributed by atoms with E-state index in [2.05, 4.69) is 164 Å². The molecule has 0 fully saturated rings. The molecule has 0 aliphatic carbocycles. The predicted molar refractivity (Wildman–Crippen MR) is 207 cm³/mol. The quantitative estimate of drug-likeness (QED) is 0.180. The van der Waals surface area contributed by atoms with Crippen molar-refractivity contribution in [3.05, 3.63) is 164 Å². The van der Waals surface area contributed by atoms with Crippen molar-refractivity contribution in [1.29, 1.82) is 0 Å². The predicted octanol–water partition coefficient (Wildman–Crippen LogP) is 12.4. The molecule has 0 atom stereocenters. The van der Waals surface area contributed by atoms with Crippen LogP contribution in [-0.4, -0.2) is 15.0 Å². The Bertz CT molecular complexity index is 2890. The summed E-state index contributed by atoms with van der Waals surface area (Å²) in [6.45, 7) is 0. The molecule has 10 rings (SSSR count). The maximum atomic E-state index is 5.25. The van der Waals surface area contributed by atoms with E-state index in [9.17, 15) is 0 Å². The summed E-state index contributed by atoms with van der Waals surface area (Å²) in [5.74, 6) is 1.98. The van der Waals surface area contributed by atoms with Crippen LogP contribution in [-0.2, 0) is 0 Å². The fourth-order valence-electron chi connectivity index (χ4n) is 7.14. The maximum absolute atomic E-state index is 5.25. The van der Waals surface area contributed by atoms with E-state index in [0.717, 1.165) is 22.1 Å². The van der Waals surface area contributed by atoms with Gasteiger partial charge in [0.25, 0.3) is 0 Å². The fraction of sp³-hybridized carbons (Fsp3) is 0. The van der Waals surface area contributed by atoms with Gasteiger partial charge in [0.15, 0.2) is 17.5 Å². The van der Waals surface area contributed by atoms with E-state index in [1.807, 2.05) is 0 Å². The van der Waals surface area contributed by atoms with Crippen LogP contribution >= 0.6 is 11.3 Å². The second-order valence-corrected chi connectivity index (χ2v) is 13.5. The second-order valence-electron chi connectivity index (χ2n) is 12.4. The lowest BCUT2D eigenvalue weighted by Gasteiger charge is -2.14. The number of rotatable bonds is 4. The zero-order valence-electron chi connectivity index (χ0n) is 26.3. The second kappa shape index (κ2) is 11.2. The molecule has 0 saturated heterocycles. The highest BCUT2D eigenvalue weighted by Gasteiger charge is 2.18. The minimum Gasteiger partial charge on any atom is -0.208 e. The summed E-state index contributed by atoms with van der Waals surface area (Å²) in [6, 6.07) is 58.1. The minimum atomic E-state index is 0.652. The smallest absolute Gasteiger partial charge is 0.164 e. The van der Waals surface area contributed by atoms with Crippen molar-refractivity contribution in [1.82, 2.24) is 15.0 Å². The molecule has 2 aromatic heterocycles. The molecule has 0 aliphatic rings. The van der Waals surface area contributed by atoms with Crippen molar-refractivity contribution in [2.45, 2.75) is 0 Å². The first-order valence-electron chi connectivity index (χ1n) is 16.4. The zero-order valence-corrected chi connectivity index (χ0v) is 27.2. The Morgan fingerprint density at radius 1 is 0.327 bits per heavy atom. The van der Waals surface area contributed by atoms with E-state index >= 15 is 0 Å². The van der Waals surface area contributed by atoms with Gasteiger partial charge in [0.05, 0.1) is 0 Å². The molecule has 8 aromatic carbocycles. The van der Waals surface area contributed by atoms with Crippen molar-refractivity contribution >= 4 is 63.8 Å². The van der Waals surface area contributed by atoms with Crippen molar-refractivity contribution < 1.29 is 0 Å². The number of nitrogens with zero attached hydrogens (tertiary/aromatic N) is 3. The Labute approximate surface area is 286 Å². The molecule has 4 heteroatoms. The molecule has 0 spiro atoms. The Morgan fingerprint density at radius 2 is 0.980 bits per heavy atom. The summed E-state index contributed by atoms with van der Waals surface area (Å²) in [7, 11) is 0. The summed E-state index contributed by atoms with van der Waals surface area (Å²) in [5.41, 5.74) is 5.29. The minimum absolute atomic E-state index is 0.652. The standard InChI is InChI=1S/C45H27N3S/c1-2-12-29(13-3-1)38-26-31-15-6-7-16-34(31)35-24-23-33(27-39(35)38)44-46-43(32-22-21-28-11-4-5-14-30(28)25-32)47-45(48-44)37-18-10-20-41-42(37)36-17-8-9-19-40(36)49-41/h1-27H. The van der Waals surface area contributed by atoms with Crippen LogP contribution in [0, 0.1) is 0 Å². The van der Waals surface area contributed by atoms with Crippen LogP contribution in [0.4, 0.5) is 0 Å². The third kappa shape index (κ3) is 4.68. The van der Waals surface area contributed by atoms with Crippen molar-refractivity contribution in [3.8, 4) is 45.3 Å². The molecular weight excluding hydrogens is 615 g/mol. The lowest BCUT2D eigenvalue weighted by Crippen LogP contribution is -2.00. The first kappa shape index (κ1) is 27.8. The van der Waals surface area contributed by atoms with Crippen molar-refractivity contribution in [2.75, 3.05) is 0 Å². The van der Waals surface area contributed by atoms with Crippen LogP contribution in [0.2, 0.25) is 0 Å². The Morgan fingerprint density at radius 3 is 1.84 bits per heavy atom. The van der Waals surface area contributed by atoms with Crippen LogP contribution in [0.25, 0.3) is 97.8 Å². The van der Waals surface area contributed by atoms with Crippen LogP contribution in [0.3, 0.4) is 0 Å². The average Bonchev–Trinajstić information content (AvgIpc) is 3.56. The lowest BCUT2D eigenvalue weighted by molar-refractivity contribution is 1.08.